The van der Waals surface area contributed by atoms with Gasteiger partial charge < -0.3 is 31.6 Å². The molecule has 4 atom stereocenters. The number of ether oxygens (including phenoxy) is 2. The highest BCUT2D eigenvalue weighted by molar-refractivity contribution is 6.04. The van der Waals surface area contributed by atoms with Crippen LogP contribution in [0.5, 0.6) is 11.8 Å². The first-order valence-corrected chi connectivity index (χ1v) is 17.9. The van der Waals surface area contributed by atoms with Gasteiger partial charge in [0.25, 0.3) is 11.8 Å². The highest BCUT2D eigenvalue weighted by Gasteiger charge is 2.33. The molecule has 4 amide bonds. The predicted octanol–water partition coefficient (Wildman–Crippen LogP) is 3.17. The summed E-state index contributed by atoms with van der Waals surface area (Å²) in [7, 11) is 0. The Balaban J connectivity index is 0.000000167. The third-order valence-electron chi connectivity index (χ3n) is 10.2. The number of amides is 4. The van der Waals surface area contributed by atoms with Gasteiger partial charge in [-0.1, -0.05) is 26.7 Å². The van der Waals surface area contributed by atoms with Gasteiger partial charge in [-0.25, -0.2) is 19.9 Å². The summed E-state index contributed by atoms with van der Waals surface area (Å²) in [6, 6.07) is 6.94. The largest absolute Gasteiger partial charge is 0.474 e. The van der Waals surface area contributed by atoms with Crippen LogP contribution in [0.3, 0.4) is 0 Å². The zero-order valence-electron chi connectivity index (χ0n) is 30.5. The van der Waals surface area contributed by atoms with Crippen LogP contribution in [-0.4, -0.2) is 77.7 Å². The molecule has 8 heterocycles. The topological polar surface area (TPSA) is 223 Å². The van der Waals surface area contributed by atoms with Crippen LogP contribution in [0.25, 0.3) is 33.1 Å². The molecule has 0 spiro atoms. The van der Waals surface area contributed by atoms with Crippen molar-refractivity contribution in [1.29, 1.82) is 0 Å². The third-order valence-corrected chi connectivity index (χ3v) is 10.2. The summed E-state index contributed by atoms with van der Waals surface area (Å²) >= 11 is 0. The predicted molar refractivity (Wildman–Crippen MR) is 199 cm³/mol. The summed E-state index contributed by atoms with van der Waals surface area (Å²) in [5.74, 6) is 0.412. The first-order chi connectivity index (χ1) is 25.9. The van der Waals surface area contributed by atoms with Gasteiger partial charge in [-0.15, -0.1) is 0 Å². The number of imidazole rings is 2. The fraction of sp³-hybridized carbons (Fsp3) is 0.368. The summed E-state index contributed by atoms with van der Waals surface area (Å²) in [6.07, 6.45) is 9.77. The fourth-order valence-electron chi connectivity index (χ4n) is 7.42. The molecule has 0 unspecified atom stereocenters. The van der Waals surface area contributed by atoms with E-state index in [0.29, 0.717) is 60.2 Å². The zero-order valence-corrected chi connectivity index (χ0v) is 30.5. The second-order valence-electron chi connectivity index (χ2n) is 13.8. The molecular weight excluding hydrogens is 692 g/mol. The van der Waals surface area contributed by atoms with E-state index in [-0.39, 0.29) is 35.7 Å². The average molecular weight is 735 g/mol. The molecule has 8 rings (SSSR count). The van der Waals surface area contributed by atoms with Crippen molar-refractivity contribution in [1.82, 2.24) is 39.4 Å². The second-order valence-corrected chi connectivity index (χ2v) is 13.8. The summed E-state index contributed by atoms with van der Waals surface area (Å²) in [4.78, 5) is 64.6. The van der Waals surface area contributed by atoms with Gasteiger partial charge >= 0.3 is 0 Å². The van der Waals surface area contributed by atoms with Crippen molar-refractivity contribution in [3.63, 3.8) is 0 Å². The monoisotopic (exact) mass is 734 g/mol. The molecule has 6 aromatic heterocycles. The molecule has 16 heteroatoms. The van der Waals surface area contributed by atoms with Crippen LogP contribution in [0.4, 0.5) is 0 Å². The van der Waals surface area contributed by atoms with E-state index in [0.717, 1.165) is 46.0 Å². The van der Waals surface area contributed by atoms with Crippen molar-refractivity contribution in [3.05, 3.63) is 71.6 Å². The van der Waals surface area contributed by atoms with Crippen LogP contribution in [0.15, 0.2) is 49.1 Å². The summed E-state index contributed by atoms with van der Waals surface area (Å²) in [5.41, 5.74) is 15.7. The van der Waals surface area contributed by atoms with Gasteiger partial charge in [0.05, 0.1) is 34.6 Å². The molecule has 2 aliphatic rings. The van der Waals surface area contributed by atoms with Crippen molar-refractivity contribution in [2.75, 3.05) is 13.2 Å². The van der Waals surface area contributed by atoms with Gasteiger partial charge in [0, 0.05) is 48.4 Å². The highest BCUT2D eigenvalue weighted by atomic mass is 16.5. The third kappa shape index (κ3) is 6.81. The van der Waals surface area contributed by atoms with E-state index in [9.17, 15) is 19.2 Å². The first-order valence-electron chi connectivity index (χ1n) is 17.9. The van der Waals surface area contributed by atoms with Gasteiger partial charge in [-0.3, -0.25) is 28.0 Å². The molecule has 0 aliphatic carbocycles. The number of nitrogens with one attached hydrogen (secondary N) is 2. The lowest BCUT2D eigenvalue weighted by atomic mass is 9.98. The molecule has 0 bridgehead atoms. The number of hydrogen-bond donors (Lipinski definition) is 4. The number of carbonyl (C=O) groups excluding carboxylic acids is 4. The van der Waals surface area contributed by atoms with Crippen LogP contribution in [0.1, 0.15) is 71.6 Å². The summed E-state index contributed by atoms with van der Waals surface area (Å²) < 4.78 is 15.6. The maximum absolute atomic E-state index is 11.8. The Kier molecular flexibility index (Phi) is 9.75. The number of hydrogen-bond acceptors (Lipinski definition) is 10. The van der Waals surface area contributed by atoms with Gasteiger partial charge in [0.15, 0.2) is 11.3 Å². The molecular formula is C38H42N10O6. The van der Waals surface area contributed by atoms with Crippen LogP contribution in [0, 0.1) is 25.7 Å². The highest BCUT2D eigenvalue weighted by Crippen LogP contribution is 2.30. The number of aryl methyl sites for hydroxylation is 2. The minimum Gasteiger partial charge on any atom is -0.474 e. The van der Waals surface area contributed by atoms with E-state index in [1.54, 1.807) is 45.5 Å². The molecule has 280 valence electrons. The van der Waals surface area contributed by atoms with E-state index in [1.165, 1.54) is 0 Å². The molecule has 2 fully saturated rings. The number of nitrogens with zero attached hydrogens (tertiary/aromatic N) is 6. The molecule has 0 radical (unpaired) electrons. The number of aromatic nitrogens is 6. The van der Waals surface area contributed by atoms with Crippen LogP contribution in [-0.2, 0) is 9.59 Å². The summed E-state index contributed by atoms with van der Waals surface area (Å²) in [6.45, 7) is 8.50. The minimum absolute atomic E-state index is 0.0375. The van der Waals surface area contributed by atoms with E-state index >= 15 is 0 Å². The SMILES string of the molecule is CC[C@@H]1CC(=O)N[C@@H]1COc1nccc2cc(C(N)=O)c3nc(C)cn3c12.CC[C@H]1CC(=O)N[C@@H]1COc1nccc2cc(C(N)=O)c3nc(C)cn3c12. The van der Waals surface area contributed by atoms with E-state index < -0.39 is 11.8 Å². The molecule has 6 N–H and O–H groups in total. The van der Waals surface area contributed by atoms with Crippen molar-refractivity contribution in [3.8, 4) is 11.8 Å². The first kappa shape index (κ1) is 36.1. The lowest BCUT2D eigenvalue weighted by Gasteiger charge is -2.18. The molecule has 0 saturated carbocycles. The Labute approximate surface area is 309 Å². The molecule has 2 saturated heterocycles. The van der Waals surface area contributed by atoms with Crippen LogP contribution in [0.2, 0.25) is 0 Å². The summed E-state index contributed by atoms with van der Waals surface area (Å²) in [5, 5.41) is 7.49. The van der Waals surface area contributed by atoms with Gasteiger partial charge in [-0.05, 0) is 49.9 Å². The molecule has 2 aliphatic heterocycles. The van der Waals surface area contributed by atoms with Crippen molar-refractivity contribution in [2.24, 2.45) is 23.3 Å². The molecule has 6 aromatic rings. The maximum Gasteiger partial charge on any atom is 0.252 e. The Bertz CT molecular complexity index is 2290. The number of nitrogens with two attached hydrogens (primary N) is 2. The number of primary amides is 2. The normalized spacial score (nSPS) is 19.6. The second kappa shape index (κ2) is 14.6. The van der Waals surface area contributed by atoms with Gasteiger partial charge in [0.1, 0.15) is 24.2 Å². The number of fused-ring (bicyclic) bond motifs is 6. The van der Waals surface area contributed by atoms with E-state index in [2.05, 4.69) is 44.4 Å². The standard InChI is InChI=1S/2C19H21N5O3/c2*1-3-11-7-15(25)23-14(11)9-27-19-16-12(4-5-21-19)6-13(17(20)26)18-22-10(2)8-24(16)18/h2*4-6,8,11,14H,3,7,9H2,1-2H3,(H2,20,26)(H,23,25)/t11-,14+;11-,14-/m01/s1. The number of pyridine rings is 4. The Morgan fingerprint density at radius 1 is 0.741 bits per heavy atom. The minimum atomic E-state index is -0.536. The maximum atomic E-state index is 11.8. The van der Waals surface area contributed by atoms with Crippen LogP contribution < -0.4 is 31.6 Å². The molecule has 16 nitrogen and oxygen atoms in total. The van der Waals surface area contributed by atoms with Crippen molar-refractivity contribution < 1.29 is 28.7 Å². The molecule has 0 aromatic carbocycles. The van der Waals surface area contributed by atoms with Gasteiger partial charge in [-0.2, -0.15) is 0 Å². The van der Waals surface area contributed by atoms with Gasteiger partial charge in [0.2, 0.25) is 23.6 Å². The quantitative estimate of drug-likeness (QED) is 0.161. The fourth-order valence-corrected chi connectivity index (χ4v) is 7.42. The Morgan fingerprint density at radius 3 is 1.52 bits per heavy atom. The Hall–Kier alpha value is -6.32. The molecule has 54 heavy (non-hydrogen) atoms. The Morgan fingerprint density at radius 2 is 1.15 bits per heavy atom. The number of carbonyl (C=O) groups is 4. The van der Waals surface area contributed by atoms with E-state index in [1.807, 2.05) is 26.2 Å². The van der Waals surface area contributed by atoms with Crippen molar-refractivity contribution in [2.45, 2.75) is 65.5 Å². The smallest absolute Gasteiger partial charge is 0.252 e. The van der Waals surface area contributed by atoms with E-state index in [4.69, 9.17) is 20.9 Å². The van der Waals surface area contributed by atoms with Crippen LogP contribution >= 0.6 is 0 Å². The number of rotatable bonds is 10. The van der Waals surface area contributed by atoms with Crippen molar-refractivity contribution >= 4 is 56.7 Å². The average Bonchev–Trinajstić information content (AvgIpc) is 3.92. The zero-order chi connectivity index (χ0) is 38.3. The lowest BCUT2D eigenvalue weighted by Crippen LogP contribution is -2.34. The lowest BCUT2D eigenvalue weighted by molar-refractivity contribution is -0.120.